The topological polar surface area (TPSA) is 21.3 Å². The van der Waals surface area contributed by atoms with Gasteiger partial charge in [0.25, 0.3) is 0 Å². The molecular weight excluding hydrogens is 102 g/mol. The lowest BCUT2D eigenvalue weighted by Gasteiger charge is -2.26. The molecule has 0 aromatic carbocycles. The van der Waals surface area contributed by atoms with Crippen molar-refractivity contribution in [2.24, 2.45) is 0 Å². The van der Waals surface area contributed by atoms with Gasteiger partial charge in [-0.1, -0.05) is 6.08 Å². The number of hydrogen-bond donors (Lipinski definition) is 1. The van der Waals surface area contributed by atoms with Crippen molar-refractivity contribution in [2.75, 3.05) is 19.7 Å². The highest BCUT2D eigenvalue weighted by atomic mass is 16.5. The van der Waals surface area contributed by atoms with Crippen molar-refractivity contribution in [2.45, 2.75) is 6.10 Å². The third kappa shape index (κ3) is 1.32. The Morgan fingerprint density at radius 2 is 2.50 bits per heavy atom. The van der Waals surface area contributed by atoms with E-state index in [1.54, 1.807) is 6.08 Å². The standard InChI is InChI=1S/C6H11NO/c1-2-3-8-6-4-7-5-6/h2,6-7H,1,3-5H2. The lowest BCUT2D eigenvalue weighted by atomic mass is 10.2. The Labute approximate surface area is 49.5 Å². The first-order valence-electron chi connectivity index (χ1n) is 2.86. The molecule has 0 aliphatic carbocycles. The zero-order chi connectivity index (χ0) is 5.82. The van der Waals surface area contributed by atoms with Crippen LogP contribution >= 0.6 is 0 Å². The van der Waals surface area contributed by atoms with Crippen molar-refractivity contribution in [1.82, 2.24) is 5.32 Å². The maximum atomic E-state index is 5.25. The van der Waals surface area contributed by atoms with Crippen molar-refractivity contribution in [3.05, 3.63) is 12.7 Å². The third-order valence-electron chi connectivity index (χ3n) is 1.19. The van der Waals surface area contributed by atoms with Gasteiger partial charge in [-0.25, -0.2) is 0 Å². The molecule has 1 N–H and O–H groups in total. The summed E-state index contributed by atoms with van der Waals surface area (Å²) >= 11 is 0. The van der Waals surface area contributed by atoms with E-state index in [-0.39, 0.29) is 0 Å². The van der Waals surface area contributed by atoms with Crippen LogP contribution < -0.4 is 5.32 Å². The van der Waals surface area contributed by atoms with Gasteiger partial charge < -0.3 is 10.1 Å². The Hall–Kier alpha value is -0.340. The molecule has 2 heteroatoms. The smallest absolute Gasteiger partial charge is 0.0827 e. The van der Waals surface area contributed by atoms with Crippen LogP contribution in [0.5, 0.6) is 0 Å². The van der Waals surface area contributed by atoms with Crippen LogP contribution in [0.2, 0.25) is 0 Å². The molecule has 1 rings (SSSR count). The van der Waals surface area contributed by atoms with E-state index in [0.29, 0.717) is 12.7 Å². The molecule has 1 aliphatic heterocycles. The number of rotatable bonds is 3. The SMILES string of the molecule is C=CCOC1CNC1. The highest BCUT2D eigenvalue weighted by molar-refractivity contribution is 4.76. The fourth-order valence-electron chi connectivity index (χ4n) is 0.584. The lowest BCUT2D eigenvalue weighted by Crippen LogP contribution is -2.48. The molecule has 0 saturated carbocycles. The molecule has 0 amide bonds. The molecule has 1 saturated heterocycles. The Morgan fingerprint density at radius 1 is 1.75 bits per heavy atom. The van der Waals surface area contributed by atoms with Crippen LogP contribution in [0.25, 0.3) is 0 Å². The van der Waals surface area contributed by atoms with E-state index in [4.69, 9.17) is 4.74 Å². The van der Waals surface area contributed by atoms with Crippen LogP contribution in [0.4, 0.5) is 0 Å². The van der Waals surface area contributed by atoms with E-state index in [1.165, 1.54) is 0 Å². The van der Waals surface area contributed by atoms with Gasteiger partial charge in [-0.05, 0) is 0 Å². The molecule has 1 aliphatic rings. The van der Waals surface area contributed by atoms with E-state index in [1.807, 2.05) is 0 Å². The molecule has 0 aromatic rings. The summed E-state index contributed by atoms with van der Waals surface area (Å²) in [7, 11) is 0. The Balaban J connectivity index is 1.93. The van der Waals surface area contributed by atoms with Crippen LogP contribution in [0, 0.1) is 0 Å². The monoisotopic (exact) mass is 113 g/mol. The van der Waals surface area contributed by atoms with Crippen LogP contribution in [0.1, 0.15) is 0 Å². The van der Waals surface area contributed by atoms with Crippen molar-refractivity contribution < 1.29 is 4.74 Å². The van der Waals surface area contributed by atoms with Crippen molar-refractivity contribution in [1.29, 1.82) is 0 Å². The van der Waals surface area contributed by atoms with Crippen molar-refractivity contribution in [3.63, 3.8) is 0 Å². The highest BCUT2D eigenvalue weighted by Gasteiger charge is 2.15. The Morgan fingerprint density at radius 3 is 2.88 bits per heavy atom. The van der Waals surface area contributed by atoms with Gasteiger partial charge in [0.1, 0.15) is 0 Å². The second-order valence-corrected chi connectivity index (χ2v) is 1.90. The van der Waals surface area contributed by atoms with E-state index in [0.717, 1.165) is 13.1 Å². The summed E-state index contributed by atoms with van der Waals surface area (Å²) in [6.45, 7) is 6.25. The largest absolute Gasteiger partial charge is 0.372 e. The van der Waals surface area contributed by atoms with E-state index in [9.17, 15) is 0 Å². The van der Waals surface area contributed by atoms with E-state index < -0.39 is 0 Å². The zero-order valence-corrected chi connectivity index (χ0v) is 4.89. The summed E-state index contributed by atoms with van der Waals surface area (Å²) < 4.78 is 5.25. The van der Waals surface area contributed by atoms with Gasteiger partial charge in [0.2, 0.25) is 0 Å². The average Bonchev–Trinajstić information content (AvgIpc) is 1.63. The van der Waals surface area contributed by atoms with Gasteiger partial charge >= 0.3 is 0 Å². The quantitative estimate of drug-likeness (QED) is 0.526. The molecular formula is C6H11NO. The van der Waals surface area contributed by atoms with Gasteiger partial charge in [0.05, 0.1) is 12.7 Å². The normalized spacial score (nSPS) is 20.0. The van der Waals surface area contributed by atoms with Crippen LogP contribution in [0.15, 0.2) is 12.7 Å². The first-order chi connectivity index (χ1) is 3.93. The summed E-state index contributed by atoms with van der Waals surface area (Å²) in [6.07, 6.45) is 2.23. The lowest BCUT2D eigenvalue weighted by molar-refractivity contribution is 0.0365. The molecule has 0 unspecified atom stereocenters. The summed E-state index contributed by atoms with van der Waals surface area (Å²) in [5.74, 6) is 0. The minimum absolute atomic E-state index is 0.452. The van der Waals surface area contributed by atoms with Crippen molar-refractivity contribution >= 4 is 0 Å². The second kappa shape index (κ2) is 2.84. The van der Waals surface area contributed by atoms with Gasteiger partial charge in [-0.3, -0.25) is 0 Å². The highest BCUT2D eigenvalue weighted by Crippen LogP contribution is 1.96. The molecule has 1 fully saturated rings. The third-order valence-corrected chi connectivity index (χ3v) is 1.19. The molecule has 1 heterocycles. The zero-order valence-electron chi connectivity index (χ0n) is 4.89. The van der Waals surface area contributed by atoms with Crippen LogP contribution in [-0.2, 0) is 4.74 Å². The summed E-state index contributed by atoms with van der Waals surface area (Å²) in [4.78, 5) is 0. The molecule has 0 aromatic heterocycles. The van der Waals surface area contributed by atoms with Gasteiger partial charge in [-0.15, -0.1) is 6.58 Å². The fourth-order valence-corrected chi connectivity index (χ4v) is 0.584. The second-order valence-electron chi connectivity index (χ2n) is 1.90. The number of nitrogens with one attached hydrogen (secondary N) is 1. The predicted octanol–water partition coefficient (Wildman–Crippen LogP) is 0.161. The molecule has 0 bridgehead atoms. The Bertz CT molecular complexity index is 78.6. The molecule has 8 heavy (non-hydrogen) atoms. The van der Waals surface area contributed by atoms with E-state index >= 15 is 0 Å². The molecule has 0 radical (unpaired) electrons. The maximum Gasteiger partial charge on any atom is 0.0827 e. The summed E-state index contributed by atoms with van der Waals surface area (Å²) in [5, 5.41) is 3.11. The average molecular weight is 113 g/mol. The minimum atomic E-state index is 0.452. The van der Waals surface area contributed by atoms with Gasteiger partial charge in [0.15, 0.2) is 0 Å². The number of ether oxygens (including phenoxy) is 1. The van der Waals surface area contributed by atoms with Crippen molar-refractivity contribution in [3.8, 4) is 0 Å². The first-order valence-corrected chi connectivity index (χ1v) is 2.86. The minimum Gasteiger partial charge on any atom is -0.372 e. The molecule has 46 valence electrons. The molecule has 2 nitrogen and oxygen atoms in total. The summed E-state index contributed by atoms with van der Waals surface area (Å²) in [6, 6.07) is 0. The molecule has 0 atom stereocenters. The predicted molar refractivity (Wildman–Crippen MR) is 32.8 cm³/mol. The van der Waals surface area contributed by atoms with Crippen LogP contribution in [0.3, 0.4) is 0 Å². The Kier molecular flexibility index (Phi) is 2.06. The van der Waals surface area contributed by atoms with Gasteiger partial charge in [0, 0.05) is 13.1 Å². The molecule has 0 spiro atoms. The maximum absolute atomic E-state index is 5.25. The first kappa shape index (κ1) is 5.79. The fraction of sp³-hybridized carbons (Fsp3) is 0.667. The van der Waals surface area contributed by atoms with Crippen LogP contribution in [-0.4, -0.2) is 25.8 Å². The van der Waals surface area contributed by atoms with E-state index in [2.05, 4.69) is 11.9 Å². The van der Waals surface area contributed by atoms with Gasteiger partial charge in [-0.2, -0.15) is 0 Å². The number of hydrogen-bond acceptors (Lipinski definition) is 2. The summed E-state index contributed by atoms with van der Waals surface area (Å²) in [5.41, 5.74) is 0.